The largest absolute Gasteiger partial charge is 0.354 e. The predicted octanol–water partition coefficient (Wildman–Crippen LogP) is 5.19. The number of para-hydroxylation sites is 1. The number of imidazole rings is 2. The van der Waals surface area contributed by atoms with Crippen molar-refractivity contribution in [3.63, 3.8) is 0 Å². The van der Waals surface area contributed by atoms with Crippen LogP contribution in [-0.2, 0) is 19.1 Å². The van der Waals surface area contributed by atoms with Gasteiger partial charge in [-0.05, 0) is 31.4 Å². The van der Waals surface area contributed by atoms with Crippen LogP contribution in [0.4, 0.5) is 5.69 Å². The highest BCUT2D eigenvalue weighted by Crippen LogP contribution is 2.50. The molecule has 4 heteroatoms. The summed E-state index contributed by atoms with van der Waals surface area (Å²) < 4.78 is 4.43. The molecule has 4 nitrogen and oxygen atoms in total. The molecule has 1 aromatic carbocycles. The first-order valence-corrected chi connectivity index (χ1v) is 10.1. The smallest absolute Gasteiger partial charge is 0.214 e. The highest BCUT2D eigenvalue weighted by Gasteiger charge is 2.49. The molecule has 0 bridgehead atoms. The van der Waals surface area contributed by atoms with Crippen LogP contribution in [0.15, 0.2) is 36.7 Å². The molecule has 1 spiro atoms. The number of hydrogen-bond donors (Lipinski definition) is 0. The van der Waals surface area contributed by atoms with Crippen LogP contribution in [0.3, 0.4) is 0 Å². The van der Waals surface area contributed by atoms with Gasteiger partial charge in [-0.25, -0.2) is 4.98 Å². The van der Waals surface area contributed by atoms with E-state index in [4.69, 9.17) is 4.98 Å². The molecule has 0 N–H and O–H groups in total. The van der Waals surface area contributed by atoms with E-state index in [0.717, 1.165) is 12.3 Å². The standard InChI is InChI=1S/C20H24N4.C2H6/c1-15-8-4-5-9-16(15)24-14-17-18(20(24)10-6-3-7-11-20)21-19-22(2)12-13-23(17)19;1-2/h4-5,8-9,12-13H,3,6-7,10-11,14H2,1-2H3;1-2H3. The van der Waals surface area contributed by atoms with Gasteiger partial charge in [0, 0.05) is 25.1 Å². The molecule has 1 saturated carbocycles. The fourth-order valence-corrected chi connectivity index (χ4v) is 4.87. The Morgan fingerprint density at radius 3 is 2.46 bits per heavy atom. The molecule has 5 rings (SSSR count). The number of benzene rings is 1. The second-order valence-electron chi connectivity index (χ2n) is 7.45. The van der Waals surface area contributed by atoms with Gasteiger partial charge in [-0.3, -0.25) is 4.40 Å². The SMILES string of the molecule is CC.Cc1ccccc1N1Cc2c(nc3n(C)ccn23)C12CCCCC2. The number of aromatic nitrogens is 3. The lowest BCUT2D eigenvalue weighted by Gasteiger charge is -2.43. The molecule has 3 heterocycles. The van der Waals surface area contributed by atoms with E-state index in [1.807, 2.05) is 13.8 Å². The summed E-state index contributed by atoms with van der Waals surface area (Å²) in [5.41, 5.74) is 5.54. The zero-order chi connectivity index (χ0) is 18.3. The number of nitrogens with zero attached hydrogens (tertiary/aromatic N) is 4. The quantitative estimate of drug-likeness (QED) is 0.604. The topological polar surface area (TPSA) is 25.5 Å². The summed E-state index contributed by atoms with van der Waals surface area (Å²) in [5.74, 6) is 1.08. The average molecular weight is 351 g/mol. The molecular weight excluding hydrogens is 320 g/mol. The van der Waals surface area contributed by atoms with E-state index < -0.39 is 0 Å². The van der Waals surface area contributed by atoms with Crippen molar-refractivity contribution < 1.29 is 0 Å². The molecule has 0 saturated heterocycles. The van der Waals surface area contributed by atoms with Crippen LogP contribution >= 0.6 is 0 Å². The summed E-state index contributed by atoms with van der Waals surface area (Å²) in [4.78, 5) is 7.77. The molecule has 0 unspecified atom stereocenters. The maximum Gasteiger partial charge on any atom is 0.214 e. The van der Waals surface area contributed by atoms with Crippen molar-refractivity contribution in [3.05, 3.63) is 53.6 Å². The number of rotatable bonds is 1. The van der Waals surface area contributed by atoms with E-state index in [0.29, 0.717) is 0 Å². The maximum atomic E-state index is 5.12. The highest BCUT2D eigenvalue weighted by atomic mass is 15.3. The Morgan fingerprint density at radius 1 is 1.00 bits per heavy atom. The van der Waals surface area contributed by atoms with Crippen molar-refractivity contribution in [2.45, 2.75) is 65.0 Å². The van der Waals surface area contributed by atoms with Crippen LogP contribution < -0.4 is 4.90 Å². The number of anilines is 1. The summed E-state index contributed by atoms with van der Waals surface area (Å²) >= 11 is 0. The van der Waals surface area contributed by atoms with Crippen LogP contribution in [0.5, 0.6) is 0 Å². The molecule has 3 aromatic rings. The Kier molecular flexibility index (Phi) is 4.29. The monoisotopic (exact) mass is 350 g/mol. The first-order valence-electron chi connectivity index (χ1n) is 10.1. The first-order chi connectivity index (χ1) is 12.7. The third-order valence-electron chi connectivity index (χ3n) is 6.10. The second kappa shape index (κ2) is 6.49. The third-order valence-corrected chi connectivity index (χ3v) is 6.10. The molecule has 2 aromatic heterocycles. The lowest BCUT2D eigenvalue weighted by Crippen LogP contribution is -2.43. The van der Waals surface area contributed by atoms with Crippen molar-refractivity contribution in [2.75, 3.05) is 4.90 Å². The number of hydrogen-bond acceptors (Lipinski definition) is 2. The van der Waals surface area contributed by atoms with Gasteiger partial charge in [0.25, 0.3) is 0 Å². The number of fused-ring (bicyclic) bond motifs is 4. The summed E-state index contributed by atoms with van der Waals surface area (Å²) in [6.45, 7) is 7.19. The Morgan fingerprint density at radius 2 is 1.73 bits per heavy atom. The molecule has 0 amide bonds. The summed E-state index contributed by atoms with van der Waals surface area (Å²) in [7, 11) is 2.09. The van der Waals surface area contributed by atoms with Crippen molar-refractivity contribution in [2.24, 2.45) is 7.05 Å². The average Bonchev–Trinajstić information content (AvgIpc) is 3.31. The van der Waals surface area contributed by atoms with E-state index in [1.54, 1.807) is 0 Å². The van der Waals surface area contributed by atoms with Gasteiger partial charge in [0.2, 0.25) is 5.78 Å². The van der Waals surface area contributed by atoms with Crippen LogP contribution in [0, 0.1) is 6.92 Å². The number of aryl methyl sites for hydroxylation is 2. The molecule has 0 atom stereocenters. The van der Waals surface area contributed by atoms with Crippen LogP contribution in [-0.4, -0.2) is 14.0 Å². The van der Waals surface area contributed by atoms with Gasteiger partial charge in [-0.2, -0.15) is 0 Å². The van der Waals surface area contributed by atoms with E-state index in [1.165, 1.54) is 54.7 Å². The molecule has 2 aliphatic rings. The molecule has 1 fully saturated rings. The normalized spacial score (nSPS) is 18.1. The van der Waals surface area contributed by atoms with Gasteiger partial charge in [-0.15, -0.1) is 0 Å². The van der Waals surface area contributed by atoms with Crippen molar-refractivity contribution in [3.8, 4) is 0 Å². The zero-order valence-corrected chi connectivity index (χ0v) is 16.5. The summed E-state index contributed by atoms with van der Waals surface area (Å²) in [6, 6.07) is 8.82. The minimum Gasteiger partial charge on any atom is -0.354 e. The molecule has 26 heavy (non-hydrogen) atoms. The zero-order valence-electron chi connectivity index (χ0n) is 16.5. The van der Waals surface area contributed by atoms with E-state index in [2.05, 4.69) is 64.5 Å². The van der Waals surface area contributed by atoms with Crippen molar-refractivity contribution >= 4 is 11.5 Å². The fraction of sp³-hybridized carbons (Fsp3) is 0.500. The lowest BCUT2D eigenvalue weighted by molar-refractivity contribution is 0.287. The van der Waals surface area contributed by atoms with E-state index in [-0.39, 0.29) is 5.54 Å². The molecule has 1 aliphatic heterocycles. The highest BCUT2D eigenvalue weighted by molar-refractivity contribution is 5.61. The Bertz CT molecular complexity index is 912. The van der Waals surface area contributed by atoms with Gasteiger partial charge in [0.05, 0.1) is 23.5 Å². The van der Waals surface area contributed by atoms with Gasteiger partial charge < -0.3 is 9.47 Å². The molecular formula is C22H30N4. The van der Waals surface area contributed by atoms with Gasteiger partial charge >= 0.3 is 0 Å². The van der Waals surface area contributed by atoms with Gasteiger partial charge in [0.1, 0.15) is 0 Å². The Balaban J connectivity index is 0.000000814. The predicted molar refractivity (Wildman–Crippen MR) is 108 cm³/mol. The Hall–Kier alpha value is -2.23. The van der Waals surface area contributed by atoms with Gasteiger partial charge in [0.15, 0.2) is 0 Å². The van der Waals surface area contributed by atoms with Crippen LogP contribution in [0.1, 0.15) is 62.9 Å². The minimum absolute atomic E-state index is 0.0890. The minimum atomic E-state index is 0.0890. The fourth-order valence-electron chi connectivity index (χ4n) is 4.87. The molecule has 1 aliphatic carbocycles. The summed E-state index contributed by atoms with van der Waals surface area (Å²) in [6.07, 6.45) is 10.7. The van der Waals surface area contributed by atoms with Crippen LogP contribution in [0.25, 0.3) is 5.78 Å². The second-order valence-corrected chi connectivity index (χ2v) is 7.45. The lowest BCUT2D eigenvalue weighted by atomic mass is 9.79. The van der Waals surface area contributed by atoms with E-state index in [9.17, 15) is 0 Å². The van der Waals surface area contributed by atoms with Crippen LogP contribution in [0.2, 0.25) is 0 Å². The summed E-state index contributed by atoms with van der Waals surface area (Å²) in [5, 5.41) is 0. The van der Waals surface area contributed by atoms with E-state index >= 15 is 0 Å². The molecule has 138 valence electrons. The van der Waals surface area contributed by atoms with Gasteiger partial charge in [-0.1, -0.05) is 51.3 Å². The maximum absolute atomic E-state index is 5.12. The Labute approximate surface area is 156 Å². The first kappa shape index (κ1) is 17.2. The molecule has 0 radical (unpaired) electrons. The van der Waals surface area contributed by atoms with Crippen molar-refractivity contribution in [1.29, 1.82) is 0 Å². The van der Waals surface area contributed by atoms with Crippen molar-refractivity contribution in [1.82, 2.24) is 14.0 Å². The third kappa shape index (κ3) is 2.31.